The molecule has 132 valence electrons. The molecular formula is C15H19F3N4O2. The van der Waals surface area contributed by atoms with Gasteiger partial charge in [-0.25, -0.2) is 4.98 Å². The van der Waals surface area contributed by atoms with Crippen molar-refractivity contribution in [2.24, 2.45) is 7.05 Å². The molecule has 2 aromatic heterocycles. The van der Waals surface area contributed by atoms with E-state index in [1.807, 2.05) is 0 Å². The summed E-state index contributed by atoms with van der Waals surface area (Å²) in [7, 11) is 1.39. The van der Waals surface area contributed by atoms with Crippen LogP contribution in [0.3, 0.4) is 0 Å². The molecule has 2 aromatic rings. The SMILES string of the molecule is Cc1ccc(O)c(CNCCC(O)(c2nccn2C)C(F)(F)F)n1. The van der Waals surface area contributed by atoms with Gasteiger partial charge in [-0.2, -0.15) is 13.2 Å². The second-order valence-electron chi connectivity index (χ2n) is 5.57. The molecular weight excluding hydrogens is 325 g/mol. The number of nitrogens with zero attached hydrogens (tertiary/aromatic N) is 3. The van der Waals surface area contributed by atoms with Gasteiger partial charge in [-0.05, 0) is 25.6 Å². The molecule has 0 aliphatic carbocycles. The van der Waals surface area contributed by atoms with Crippen LogP contribution in [0.5, 0.6) is 5.75 Å². The first-order valence-corrected chi connectivity index (χ1v) is 7.28. The Balaban J connectivity index is 2.05. The monoisotopic (exact) mass is 344 g/mol. The van der Waals surface area contributed by atoms with Crippen LogP contribution in [0.15, 0.2) is 24.5 Å². The van der Waals surface area contributed by atoms with Gasteiger partial charge in [-0.1, -0.05) is 0 Å². The number of aryl methyl sites for hydroxylation is 2. The minimum atomic E-state index is -4.86. The number of alkyl halides is 3. The van der Waals surface area contributed by atoms with E-state index in [0.717, 1.165) is 4.57 Å². The smallest absolute Gasteiger partial charge is 0.424 e. The van der Waals surface area contributed by atoms with Crippen molar-refractivity contribution in [2.75, 3.05) is 6.54 Å². The van der Waals surface area contributed by atoms with Gasteiger partial charge >= 0.3 is 6.18 Å². The van der Waals surface area contributed by atoms with Gasteiger partial charge in [0.05, 0.1) is 5.69 Å². The fraction of sp³-hybridized carbons (Fsp3) is 0.467. The van der Waals surface area contributed by atoms with Crippen molar-refractivity contribution in [3.63, 3.8) is 0 Å². The fourth-order valence-corrected chi connectivity index (χ4v) is 2.35. The van der Waals surface area contributed by atoms with E-state index < -0.39 is 24.0 Å². The molecule has 0 saturated carbocycles. The van der Waals surface area contributed by atoms with Crippen LogP contribution in [0.1, 0.15) is 23.6 Å². The number of rotatable bonds is 6. The number of aliphatic hydroxyl groups is 1. The zero-order valence-electron chi connectivity index (χ0n) is 13.3. The molecule has 0 saturated heterocycles. The highest BCUT2D eigenvalue weighted by Gasteiger charge is 2.56. The molecule has 0 amide bonds. The average Bonchev–Trinajstić information content (AvgIpc) is 2.92. The predicted octanol–water partition coefficient (Wildman–Crippen LogP) is 1.76. The minimum absolute atomic E-state index is 0.0386. The molecule has 0 aliphatic rings. The maximum Gasteiger partial charge on any atom is 0.424 e. The fourth-order valence-electron chi connectivity index (χ4n) is 2.35. The highest BCUT2D eigenvalue weighted by atomic mass is 19.4. The van der Waals surface area contributed by atoms with Crippen LogP contribution in [0.2, 0.25) is 0 Å². The highest BCUT2D eigenvalue weighted by molar-refractivity contribution is 5.27. The van der Waals surface area contributed by atoms with Crippen LogP contribution >= 0.6 is 0 Å². The van der Waals surface area contributed by atoms with E-state index in [9.17, 15) is 23.4 Å². The van der Waals surface area contributed by atoms with E-state index >= 15 is 0 Å². The Morgan fingerprint density at radius 3 is 2.58 bits per heavy atom. The number of aromatic nitrogens is 3. The van der Waals surface area contributed by atoms with Crippen LogP contribution in [0, 0.1) is 6.92 Å². The lowest BCUT2D eigenvalue weighted by molar-refractivity contribution is -0.272. The quantitative estimate of drug-likeness (QED) is 0.696. The van der Waals surface area contributed by atoms with Crippen molar-refractivity contribution in [3.05, 3.63) is 41.7 Å². The van der Waals surface area contributed by atoms with E-state index in [1.165, 1.54) is 25.5 Å². The molecule has 2 heterocycles. The van der Waals surface area contributed by atoms with Gasteiger partial charge in [0.15, 0.2) is 0 Å². The lowest BCUT2D eigenvalue weighted by Gasteiger charge is -2.30. The standard InChI is InChI=1S/C15H19F3N4O2/c1-10-3-4-12(23)11(21-10)9-19-6-5-14(24,15(16,17)18)13-20-7-8-22(13)2/h3-4,7-8,19,23-24H,5-6,9H2,1-2H3. The van der Waals surface area contributed by atoms with Gasteiger partial charge in [0.2, 0.25) is 5.60 Å². The van der Waals surface area contributed by atoms with Crippen molar-refractivity contribution in [2.45, 2.75) is 31.7 Å². The van der Waals surface area contributed by atoms with E-state index in [2.05, 4.69) is 15.3 Å². The molecule has 3 N–H and O–H groups in total. The maximum absolute atomic E-state index is 13.3. The largest absolute Gasteiger partial charge is 0.506 e. The molecule has 0 aliphatic heterocycles. The third-order valence-electron chi connectivity index (χ3n) is 3.71. The zero-order chi connectivity index (χ0) is 18.0. The van der Waals surface area contributed by atoms with E-state index in [1.54, 1.807) is 13.0 Å². The summed E-state index contributed by atoms with van der Waals surface area (Å²) in [5.41, 5.74) is -2.03. The molecule has 0 aromatic carbocycles. The first kappa shape index (κ1) is 18.2. The number of halogens is 3. The summed E-state index contributed by atoms with van der Waals surface area (Å²) in [6.45, 7) is 1.69. The number of pyridine rings is 1. The van der Waals surface area contributed by atoms with Gasteiger partial charge in [-0.15, -0.1) is 0 Å². The summed E-state index contributed by atoms with van der Waals surface area (Å²) in [6.07, 6.45) is -2.94. The molecule has 1 unspecified atom stereocenters. The van der Waals surface area contributed by atoms with Crippen LogP contribution in [0.4, 0.5) is 13.2 Å². The Hall–Kier alpha value is -2.13. The van der Waals surface area contributed by atoms with Crippen molar-refractivity contribution >= 4 is 0 Å². The summed E-state index contributed by atoms with van der Waals surface area (Å²) >= 11 is 0. The van der Waals surface area contributed by atoms with E-state index in [4.69, 9.17) is 0 Å². The summed E-state index contributed by atoms with van der Waals surface area (Å²) < 4.78 is 41.1. The van der Waals surface area contributed by atoms with E-state index in [0.29, 0.717) is 11.4 Å². The lowest BCUT2D eigenvalue weighted by atomic mass is 9.97. The minimum Gasteiger partial charge on any atom is -0.506 e. The maximum atomic E-state index is 13.3. The van der Waals surface area contributed by atoms with E-state index in [-0.39, 0.29) is 18.8 Å². The number of imidazole rings is 1. The Kier molecular flexibility index (Phi) is 5.14. The average molecular weight is 344 g/mol. The Bertz CT molecular complexity index is 702. The van der Waals surface area contributed by atoms with Gasteiger partial charge in [0, 0.05) is 38.1 Å². The number of nitrogens with one attached hydrogen (secondary N) is 1. The van der Waals surface area contributed by atoms with Crippen LogP contribution < -0.4 is 5.32 Å². The molecule has 1 atom stereocenters. The third-order valence-corrected chi connectivity index (χ3v) is 3.71. The van der Waals surface area contributed by atoms with Gasteiger partial charge < -0.3 is 20.1 Å². The van der Waals surface area contributed by atoms with Crippen LogP contribution in [0.25, 0.3) is 0 Å². The topological polar surface area (TPSA) is 83.2 Å². The summed E-state index contributed by atoms with van der Waals surface area (Å²) in [5, 5.41) is 22.6. The Labute approximate surface area is 137 Å². The first-order valence-electron chi connectivity index (χ1n) is 7.28. The molecule has 0 fully saturated rings. The molecule has 0 spiro atoms. The van der Waals surface area contributed by atoms with Crippen molar-refractivity contribution in [3.8, 4) is 5.75 Å². The van der Waals surface area contributed by atoms with Crippen molar-refractivity contribution < 1.29 is 23.4 Å². The molecule has 0 radical (unpaired) electrons. The molecule has 9 heteroatoms. The zero-order valence-corrected chi connectivity index (χ0v) is 13.3. The van der Waals surface area contributed by atoms with Gasteiger partial charge in [-0.3, -0.25) is 4.98 Å². The molecule has 2 rings (SSSR count). The normalized spacial score (nSPS) is 14.6. The predicted molar refractivity (Wildman–Crippen MR) is 80.1 cm³/mol. The molecule has 6 nitrogen and oxygen atoms in total. The first-order chi connectivity index (χ1) is 11.1. The molecule has 24 heavy (non-hydrogen) atoms. The van der Waals surface area contributed by atoms with Gasteiger partial charge in [0.1, 0.15) is 11.6 Å². The van der Waals surface area contributed by atoms with Crippen molar-refractivity contribution in [1.82, 2.24) is 19.9 Å². The second kappa shape index (κ2) is 6.78. The van der Waals surface area contributed by atoms with Gasteiger partial charge in [0.25, 0.3) is 0 Å². The highest BCUT2D eigenvalue weighted by Crippen LogP contribution is 2.40. The van der Waals surface area contributed by atoms with Crippen molar-refractivity contribution in [1.29, 1.82) is 0 Å². The van der Waals surface area contributed by atoms with Crippen LogP contribution in [-0.4, -0.2) is 37.5 Å². The number of hydrogen-bond acceptors (Lipinski definition) is 5. The molecule has 0 bridgehead atoms. The number of hydrogen-bond donors (Lipinski definition) is 3. The third kappa shape index (κ3) is 3.68. The summed E-state index contributed by atoms with van der Waals surface area (Å²) in [4.78, 5) is 7.74. The summed E-state index contributed by atoms with van der Waals surface area (Å²) in [5.74, 6) is -0.503. The van der Waals surface area contributed by atoms with Crippen LogP contribution in [-0.2, 0) is 19.2 Å². The second-order valence-corrected chi connectivity index (χ2v) is 5.57. The Morgan fingerprint density at radius 1 is 1.29 bits per heavy atom. The summed E-state index contributed by atoms with van der Waals surface area (Å²) in [6, 6.07) is 3.10. The Morgan fingerprint density at radius 2 is 2.00 bits per heavy atom. The number of aromatic hydroxyl groups is 1. The lowest BCUT2D eigenvalue weighted by Crippen LogP contribution is -2.46.